The standard InChI is InChI=1S/C15H23N7O5S2/c1-22(2)14-19-13(18-11-5-4-6-12(9-11)29(23,24)25)20-15(21-14)28-27-17-10-16-7-8-26-3/h4-6,9,16-17H,7-8,10H2,1-3H3,(H,23,24,25)(H,18,19,20,21). The van der Waals surface area contributed by atoms with Crippen molar-refractivity contribution >= 4 is 39.7 Å². The van der Waals surface area contributed by atoms with Crippen molar-refractivity contribution in [1.29, 1.82) is 0 Å². The molecule has 0 aliphatic carbocycles. The van der Waals surface area contributed by atoms with Gasteiger partial charge in [0.15, 0.2) is 0 Å². The summed E-state index contributed by atoms with van der Waals surface area (Å²) in [4.78, 5) is 14.2. The van der Waals surface area contributed by atoms with E-state index in [1.807, 2.05) is 0 Å². The van der Waals surface area contributed by atoms with Gasteiger partial charge in [0.25, 0.3) is 10.1 Å². The number of anilines is 3. The number of hydrogen-bond acceptors (Lipinski definition) is 12. The van der Waals surface area contributed by atoms with Crippen LogP contribution >= 0.6 is 12.0 Å². The summed E-state index contributed by atoms with van der Waals surface area (Å²) in [5.74, 6) is 0.554. The van der Waals surface area contributed by atoms with E-state index in [1.165, 1.54) is 18.2 Å². The number of aromatic nitrogens is 3. The fourth-order valence-electron chi connectivity index (χ4n) is 1.91. The Balaban J connectivity index is 2.06. The van der Waals surface area contributed by atoms with E-state index in [0.717, 1.165) is 12.0 Å². The van der Waals surface area contributed by atoms with Crippen LogP contribution < -0.4 is 21.0 Å². The van der Waals surface area contributed by atoms with Crippen LogP contribution in [-0.4, -0.2) is 68.9 Å². The smallest absolute Gasteiger partial charge is 0.294 e. The lowest BCUT2D eigenvalue weighted by atomic mass is 10.3. The molecular weight excluding hydrogens is 422 g/mol. The molecule has 160 valence electrons. The van der Waals surface area contributed by atoms with Gasteiger partial charge in [-0.3, -0.25) is 4.55 Å². The molecule has 14 heteroatoms. The van der Waals surface area contributed by atoms with Crippen molar-refractivity contribution in [2.24, 2.45) is 0 Å². The molecule has 0 amide bonds. The largest absolute Gasteiger partial charge is 0.383 e. The summed E-state index contributed by atoms with van der Waals surface area (Å²) >= 11 is 0.901. The molecule has 2 aromatic rings. The second kappa shape index (κ2) is 11.2. The third-order valence-electron chi connectivity index (χ3n) is 3.25. The number of nitrogens with zero attached hydrogens (tertiary/aromatic N) is 4. The summed E-state index contributed by atoms with van der Waals surface area (Å²) in [6.45, 7) is 1.66. The van der Waals surface area contributed by atoms with E-state index in [2.05, 4.69) is 31.1 Å². The third-order valence-corrected chi connectivity index (χ3v) is 4.63. The molecule has 0 aliphatic heterocycles. The maximum Gasteiger partial charge on any atom is 0.294 e. The molecule has 0 unspecified atom stereocenters. The quantitative estimate of drug-likeness (QED) is 0.119. The highest BCUT2D eigenvalue weighted by atomic mass is 32.2. The number of nitrogens with one attached hydrogen (secondary N) is 3. The number of ether oxygens (including phenoxy) is 1. The molecule has 4 N–H and O–H groups in total. The molecule has 0 saturated carbocycles. The number of rotatable bonds is 12. The molecule has 12 nitrogen and oxygen atoms in total. The van der Waals surface area contributed by atoms with Crippen LogP contribution in [0.3, 0.4) is 0 Å². The molecule has 0 spiro atoms. The molecule has 0 bridgehead atoms. The Morgan fingerprint density at radius 1 is 1.24 bits per heavy atom. The van der Waals surface area contributed by atoms with E-state index in [-0.39, 0.29) is 16.0 Å². The van der Waals surface area contributed by atoms with Gasteiger partial charge in [-0.15, -0.1) is 0 Å². The number of hydroxylamine groups is 1. The molecule has 0 saturated heterocycles. The number of methoxy groups -OCH3 is 1. The Labute approximate surface area is 173 Å². The maximum atomic E-state index is 11.3. The van der Waals surface area contributed by atoms with Gasteiger partial charge in [0.1, 0.15) is 0 Å². The van der Waals surface area contributed by atoms with Gasteiger partial charge in [-0.1, -0.05) is 6.07 Å². The zero-order valence-electron chi connectivity index (χ0n) is 16.1. The van der Waals surface area contributed by atoms with E-state index in [4.69, 9.17) is 9.02 Å². The topological polar surface area (TPSA) is 151 Å². The van der Waals surface area contributed by atoms with Gasteiger partial charge in [0, 0.05) is 33.4 Å². The second-order valence-electron chi connectivity index (χ2n) is 5.74. The lowest BCUT2D eigenvalue weighted by Gasteiger charge is -2.13. The average molecular weight is 446 g/mol. The summed E-state index contributed by atoms with van der Waals surface area (Å²) in [5.41, 5.74) is 3.08. The fourth-order valence-corrected chi connectivity index (χ4v) is 2.87. The maximum absolute atomic E-state index is 11.3. The van der Waals surface area contributed by atoms with Gasteiger partial charge in [-0.25, -0.2) is 4.28 Å². The summed E-state index contributed by atoms with van der Waals surface area (Å²) in [6, 6.07) is 5.65. The molecule has 0 radical (unpaired) electrons. The highest BCUT2D eigenvalue weighted by molar-refractivity contribution is 7.94. The van der Waals surface area contributed by atoms with Crippen molar-refractivity contribution in [2.75, 3.05) is 51.2 Å². The zero-order valence-corrected chi connectivity index (χ0v) is 17.7. The molecule has 1 aromatic heterocycles. The highest BCUT2D eigenvalue weighted by Gasteiger charge is 2.13. The van der Waals surface area contributed by atoms with Gasteiger partial charge in [0.2, 0.25) is 17.1 Å². The monoisotopic (exact) mass is 445 g/mol. The summed E-state index contributed by atoms with van der Waals surface area (Å²) < 4.78 is 42.0. The molecule has 2 rings (SSSR count). The molecular formula is C15H23N7O5S2. The van der Waals surface area contributed by atoms with Gasteiger partial charge in [-0.2, -0.15) is 28.8 Å². The Kier molecular flexibility index (Phi) is 8.97. The van der Waals surface area contributed by atoms with Crippen LogP contribution in [0.1, 0.15) is 0 Å². The van der Waals surface area contributed by atoms with Crippen LogP contribution in [0.5, 0.6) is 0 Å². The predicted octanol–water partition coefficient (Wildman–Crippen LogP) is 0.650. The Morgan fingerprint density at radius 2 is 2.03 bits per heavy atom. The second-order valence-corrected chi connectivity index (χ2v) is 7.86. The molecule has 0 atom stereocenters. The lowest BCUT2D eigenvalue weighted by Crippen LogP contribution is -2.30. The third kappa shape index (κ3) is 8.06. The summed E-state index contributed by atoms with van der Waals surface area (Å²) in [6.07, 6.45) is 0. The first-order valence-electron chi connectivity index (χ1n) is 8.33. The minimum absolute atomic E-state index is 0.181. The van der Waals surface area contributed by atoms with E-state index < -0.39 is 10.1 Å². The van der Waals surface area contributed by atoms with Crippen molar-refractivity contribution in [3.8, 4) is 0 Å². The molecule has 1 heterocycles. The van der Waals surface area contributed by atoms with Crippen molar-refractivity contribution in [2.45, 2.75) is 10.1 Å². The van der Waals surface area contributed by atoms with E-state index in [1.54, 1.807) is 32.2 Å². The van der Waals surface area contributed by atoms with Crippen LogP contribution in [0, 0.1) is 0 Å². The van der Waals surface area contributed by atoms with Crippen molar-refractivity contribution in [3.05, 3.63) is 24.3 Å². The summed E-state index contributed by atoms with van der Waals surface area (Å²) in [7, 11) is 0.840. The first-order chi connectivity index (χ1) is 13.8. The average Bonchev–Trinajstić information content (AvgIpc) is 2.66. The molecule has 0 fully saturated rings. The van der Waals surface area contributed by atoms with Gasteiger partial charge in [-0.05, 0) is 18.2 Å². The van der Waals surface area contributed by atoms with Crippen LogP contribution in [-0.2, 0) is 19.1 Å². The Bertz CT molecular complexity index is 898. The Hall–Kier alpha value is -2.07. The summed E-state index contributed by atoms with van der Waals surface area (Å²) in [5, 5.41) is 6.22. The van der Waals surface area contributed by atoms with E-state index in [9.17, 15) is 13.0 Å². The van der Waals surface area contributed by atoms with Crippen molar-refractivity contribution < 1.29 is 22.0 Å². The minimum Gasteiger partial charge on any atom is -0.383 e. The zero-order chi connectivity index (χ0) is 21.3. The molecule has 1 aromatic carbocycles. The number of benzene rings is 1. The van der Waals surface area contributed by atoms with Crippen molar-refractivity contribution in [1.82, 2.24) is 25.7 Å². The van der Waals surface area contributed by atoms with Crippen LogP contribution in [0.15, 0.2) is 34.3 Å². The first-order valence-corrected chi connectivity index (χ1v) is 10.5. The van der Waals surface area contributed by atoms with Gasteiger partial charge >= 0.3 is 0 Å². The normalized spacial score (nSPS) is 11.4. The fraction of sp³-hybridized carbons (Fsp3) is 0.400. The predicted molar refractivity (Wildman–Crippen MR) is 109 cm³/mol. The molecule has 29 heavy (non-hydrogen) atoms. The molecule has 0 aliphatic rings. The van der Waals surface area contributed by atoms with Gasteiger partial charge in [0.05, 0.1) is 30.2 Å². The van der Waals surface area contributed by atoms with Crippen LogP contribution in [0.25, 0.3) is 0 Å². The van der Waals surface area contributed by atoms with E-state index >= 15 is 0 Å². The number of hydrogen-bond donors (Lipinski definition) is 4. The Morgan fingerprint density at radius 3 is 2.72 bits per heavy atom. The SMILES string of the molecule is COCCNCNOSc1nc(Nc2cccc(S(=O)(=O)O)c2)nc(N(C)C)n1. The van der Waals surface area contributed by atoms with Crippen molar-refractivity contribution in [3.63, 3.8) is 0 Å². The van der Waals surface area contributed by atoms with E-state index in [0.29, 0.717) is 31.5 Å². The van der Waals surface area contributed by atoms with Crippen LogP contribution in [0.2, 0.25) is 0 Å². The van der Waals surface area contributed by atoms with Gasteiger partial charge < -0.3 is 20.3 Å². The minimum atomic E-state index is -4.32. The first kappa shape index (κ1) is 23.2. The lowest BCUT2D eigenvalue weighted by molar-refractivity contribution is 0.184. The highest BCUT2D eigenvalue weighted by Crippen LogP contribution is 2.22. The van der Waals surface area contributed by atoms with Crippen LogP contribution in [0.4, 0.5) is 17.6 Å².